The monoisotopic (exact) mass is 248 g/mol. The summed E-state index contributed by atoms with van der Waals surface area (Å²) in [5, 5.41) is 0. The van der Waals surface area contributed by atoms with E-state index in [1.54, 1.807) is 4.31 Å². The Morgan fingerprint density at radius 3 is 2.56 bits per heavy atom. The first kappa shape index (κ1) is 13.9. The van der Waals surface area contributed by atoms with Crippen molar-refractivity contribution in [2.45, 2.75) is 46.1 Å². The minimum Gasteiger partial charge on any atom is -0.327 e. The molecule has 1 atom stereocenters. The molecule has 0 amide bonds. The molecule has 16 heavy (non-hydrogen) atoms. The van der Waals surface area contributed by atoms with Gasteiger partial charge in [0.25, 0.3) is 0 Å². The summed E-state index contributed by atoms with van der Waals surface area (Å²) in [6, 6.07) is 0.102. The van der Waals surface area contributed by atoms with Crippen molar-refractivity contribution in [1.82, 2.24) is 4.31 Å². The molecule has 1 unspecified atom stereocenters. The normalized spacial score (nSPS) is 26.9. The summed E-state index contributed by atoms with van der Waals surface area (Å²) in [6.45, 7) is 7.22. The SMILES string of the molecule is CCCCS(=O)(=O)N1CCC(N)C(C)(C)C1. The van der Waals surface area contributed by atoms with Crippen LogP contribution in [0.5, 0.6) is 0 Å². The number of nitrogens with two attached hydrogens (primary N) is 1. The average Bonchev–Trinajstić information content (AvgIpc) is 2.19. The topological polar surface area (TPSA) is 63.4 Å². The van der Waals surface area contributed by atoms with Crippen LogP contribution in [-0.4, -0.2) is 37.6 Å². The van der Waals surface area contributed by atoms with Gasteiger partial charge in [-0.25, -0.2) is 12.7 Å². The third-order valence-corrected chi connectivity index (χ3v) is 5.33. The standard InChI is InChI=1S/C11H24N2O2S/c1-4-5-8-16(14,15)13-7-6-10(12)11(2,3)9-13/h10H,4-9,12H2,1-3H3. The molecule has 0 aromatic rings. The summed E-state index contributed by atoms with van der Waals surface area (Å²) in [4.78, 5) is 0. The molecule has 4 nitrogen and oxygen atoms in total. The minimum atomic E-state index is -3.06. The van der Waals surface area contributed by atoms with Crippen LogP contribution in [0.4, 0.5) is 0 Å². The molecule has 0 saturated carbocycles. The lowest BCUT2D eigenvalue weighted by Gasteiger charge is -2.41. The number of sulfonamides is 1. The molecule has 0 aromatic heterocycles. The van der Waals surface area contributed by atoms with Crippen LogP contribution >= 0.6 is 0 Å². The largest absolute Gasteiger partial charge is 0.327 e. The van der Waals surface area contributed by atoms with Crippen molar-refractivity contribution in [2.24, 2.45) is 11.1 Å². The van der Waals surface area contributed by atoms with E-state index in [0.29, 0.717) is 13.1 Å². The molecule has 96 valence electrons. The maximum Gasteiger partial charge on any atom is 0.214 e. The Kier molecular flexibility index (Phi) is 4.37. The Morgan fingerprint density at radius 2 is 2.06 bits per heavy atom. The van der Waals surface area contributed by atoms with Gasteiger partial charge < -0.3 is 5.73 Å². The van der Waals surface area contributed by atoms with E-state index in [4.69, 9.17) is 5.73 Å². The zero-order valence-electron chi connectivity index (χ0n) is 10.6. The first-order valence-electron chi connectivity index (χ1n) is 6.03. The van der Waals surface area contributed by atoms with Gasteiger partial charge in [0.1, 0.15) is 0 Å². The van der Waals surface area contributed by atoms with Gasteiger partial charge in [0.15, 0.2) is 0 Å². The second kappa shape index (κ2) is 5.02. The summed E-state index contributed by atoms with van der Waals surface area (Å²) in [7, 11) is -3.06. The maximum absolute atomic E-state index is 12.0. The molecule has 2 N–H and O–H groups in total. The predicted molar refractivity (Wildman–Crippen MR) is 66.6 cm³/mol. The van der Waals surface area contributed by atoms with Crippen molar-refractivity contribution in [2.75, 3.05) is 18.8 Å². The summed E-state index contributed by atoms with van der Waals surface area (Å²) in [5.74, 6) is 0.273. The molecule has 0 bridgehead atoms. The fourth-order valence-electron chi connectivity index (χ4n) is 2.02. The van der Waals surface area contributed by atoms with Gasteiger partial charge in [-0.15, -0.1) is 0 Å². The van der Waals surface area contributed by atoms with Crippen LogP contribution in [0.15, 0.2) is 0 Å². The van der Waals surface area contributed by atoms with Gasteiger partial charge in [0, 0.05) is 19.1 Å². The van der Waals surface area contributed by atoms with Gasteiger partial charge in [-0.05, 0) is 18.3 Å². The molecule has 1 saturated heterocycles. The number of piperidine rings is 1. The highest BCUT2D eigenvalue weighted by Crippen LogP contribution is 2.29. The molecule has 5 heteroatoms. The van der Waals surface area contributed by atoms with Gasteiger partial charge in [0.2, 0.25) is 10.0 Å². The van der Waals surface area contributed by atoms with Crippen LogP contribution in [0, 0.1) is 5.41 Å². The van der Waals surface area contributed by atoms with Crippen molar-refractivity contribution in [3.8, 4) is 0 Å². The molecule has 0 aliphatic carbocycles. The van der Waals surface area contributed by atoms with Crippen LogP contribution < -0.4 is 5.73 Å². The fraction of sp³-hybridized carbons (Fsp3) is 1.00. The van der Waals surface area contributed by atoms with Gasteiger partial charge in [-0.1, -0.05) is 27.2 Å². The van der Waals surface area contributed by atoms with Crippen LogP contribution in [-0.2, 0) is 10.0 Å². The lowest BCUT2D eigenvalue weighted by atomic mass is 9.81. The fourth-order valence-corrected chi connectivity index (χ4v) is 3.84. The minimum absolute atomic E-state index is 0.102. The molecular formula is C11H24N2O2S. The van der Waals surface area contributed by atoms with Crippen molar-refractivity contribution >= 4 is 10.0 Å². The van der Waals surface area contributed by atoms with E-state index in [1.165, 1.54) is 0 Å². The Balaban J connectivity index is 2.69. The number of hydrogen-bond donors (Lipinski definition) is 1. The second-order valence-corrected chi connectivity index (χ2v) is 7.48. The summed E-state index contributed by atoms with van der Waals surface area (Å²) < 4.78 is 25.7. The third kappa shape index (κ3) is 3.18. The molecule has 1 fully saturated rings. The summed E-state index contributed by atoms with van der Waals surface area (Å²) in [6.07, 6.45) is 2.42. The lowest BCUT2D eigenvalue weighted by Crippen LogP contribution is -2.54. The van der Waals surface area contributed by atoms with E-state index in [9.17, 15) is 8.42 Å². The molecule has 1 aliphatic rings. The maximum atomic E-state index is 12.0. The van der Waals surface area contributed by atoms with E-state index in [2.05, 4.69) is 0 Å². The molecule has 0 aromatic carbocycles. The Hall–Kier alpha value is -0.130. The zero-order valence-corrected chi connectivity index (χ0v) is 11.4. The molecule has 1 heterocycles. The van der Waals surface area contributed by atoms with E-state index < -0.39 is 10.0 Å². The van der Waals surface area contributed by atoms with Crippen LogP contribution in [0.25, 0.3) is 0 Å². The van der Waals surface area contributed by atoms with Crippen molar-refractivity contribution < 1.29 is 8.42 Å². The third-order valence-electron chi connectivity index (χ3n) is 3.43. The summed E-state index contributed by atoms with van der Waals surface area (Å²) in [5.41, 5.74) is 5.88. The number of hydrogen-bond acceptors (Lipinski definition) is 3. The van der Waals surface area contributed by atoms with Crippen molar-refractivity contribution in [1.29, 1.82) is 0 Å². The highest BCUT2D eigenvalue weighted by Gasteiger charge is 2.37. The summed E-state index contributed by atoms with van der Waals surface area (Å²) >= 11 is 0. The number of rotatable bonds is 4. The smallest absolute Gasteiger partial charge is 0.214 e. The highest BCUT2D eigenvalue weighted by atomic mass is 32.2. The molecular weight excluding hydrogens is 224 g/mol. The number of nitrogens with zero attached hydrogens (tertiary/aromatic N) is 1. The average molecular weight is 248 g/mol. The first-order valence-corrected chi connectivity index (χ1v) is 7.64. The van der Waals surface area contributed by atoms with Gasteiger partial charge in [0.05, 0.1) is 5.75 Å². The Bertz CT molecular complexity index is 325. The van der Waals surface area contributed by atoms with Crippen LogP contribution in [0.3, 0.4) is 0 Å². The van der Waals surface area contributed by atoms with Crippen molar-refractivity contribution in [3.63, 3.8) is 0 Å². The molecule has 0 spiro atoms. The van der Waals surface area contributed by atoms with E-state index in [1.807, 2.05) is 20.8 Å². The highest BCUT2D eigenvalue weighted by molar-refractivity contribution is 7.89. The quantitative estimate of drug-likeness (QED) is 0.812. The molecule has 1 aliphatic heterocycles. The first-order chi connectivity index (χ1) is 7.29. The Labute approximate surface area is 99.2 Å². The van der Waals surface area contributed by atoms with Crippen LogP contribution in [0.2, 0.25) is 0 Å². The van der Waals surface area contributed by atoms with Gasteiger partial charge in [-0.2, -0.15) is 0 Å². The number of unbranched alkanes of at least 4 members (excludes halogenated alkanes) is 1. The Morgan fingerprint density at radius 1 is 1.44 bits per heavy atom. The van der Waals surface area contributed by atoms with Gasteiger partial charge in [-0.3, -0.25) is 0 Å². The second-order valence-electron chi connectivity index (χ2n) is 5.39. The molecule has 0 radical (unpaired) electrons. The lowest BCUT2D eigenvalue weighted by molar-refractivity contribution is 0.155. The van der Waals surface area contributed by atoms with Crippen LogP contribution in [0.1, 0.15) is 40.0 Å². The zero-order chi connectivity index (χ0) is 12.4. The predicted octanol–water partition coefficient (Wildman–Crippen LogP) is 1.18. The van der Waals surface area contributed by atoms with Crippen molar-refractivity contribution in [3.05, 3.63) is 0 Å². The van der Waals surface area contributed by atoms with Gasteiger partial charge >= 0.3 is 0 Å². The molecule has 1 rings (SSSR count). The van der Waals surface area contributed by atoms with E-state index in [-0.39, 0.29) is 17.2 Å². The van der Waals surface area contributed by atoms with E-state index in [0.717, 1.165) is 19.3 Å². The van der Waals surface area contributed by atoms with E-state index >= 15 is 0 Å².